The number of nitrogens with one attached hydrogen (secondary N) is 1. The molecule has 1 saturated carbocycles. The van der Waals surface area contributed by atoms with E-state index in [-0.39, 0.29) is 0 Å². The fourth-order valence-corrected chi connectivity index (χ4v) is 3.41. The summed E-state index contributed by atoms with van der Waals surface area (Å²) in [6.07, 6.45) is 5.32. The number of aryl methyl sites for hydroxylation is 1. The fraction of sp³-hybridized carbons (Fsp3) is 0.647. The third-order valence-electron chi connectivity index (χ3n) is 4.70. The molecule has 2 atom stereocenters. The van der Waals surface area contributed by atoms with Crippen LogP contribution < -0.4 is 5.32 Å². The lowest BCUT2D eigenvalue weighted by Gasteiger charge is -2.35. The van der Waals surface area contributed by atoms with Crippen LogP contribution in [0.15, 0.2) is 24.3 Å². The minimum Gasteiger partial charge on any atom is -0.316 e. The second kappa shape index (κ2) is 5.88. The molecule has 1 aliphatic carbocycles. The largest absolute Gasteiger partial charge is 0.316 e. The minimum absolute atomic E-state index is 0.378. The standard InChI is InChI=1S/C17H27N/c1-4-12-18-13-17(11-5-6-15(17)3)16-9-7-14(2)8-10-16/h7-10,15,18H,4-6,11-13H2,1-3H3. The molecule has 0 amide bonds. The third-order valence-corrected chi connectivity index (χ3v) is 4.70. The third kappa shape index (κ3) is 2.61. The summed E-state index contributed by atoms with van der Waals surface area (Å²) in [6.45, 7) is 9.12. The molecule has 2 unspecified atom stereocenters. The van der Waals surface area contributed by atoms with Crippen molar-refractivity contribution in [1.82, 2.24) is 5.32 Å². The van der Waals surface area contributed by atoms with Crippen molar-refractivity contribution in [2.45, 2.75) is 51.9 Å². The van der Waals surface area contributed by atoms with Crippen LogP contribution in [0, 0.1) is 12.8 Å². The van der Waals surface area contributed by atoms with Gasteiger partial charge in [-0.2, -0.15) is 0 Å². The molecule has 1 N–H and O–H groups in total. The lowest BCUT2D eigenvalue weighted by atomic mass is 9.72. The maximum atomic E-state index is 3.66. The Morgan fingerprint density at radius 1 is 1.28 bits per heavy atom. The molecule has 1 aromatic rings. The zero-order valence-corrected chi connectivity index (χ0v) is 12.1. The van der Waals surface area contributed by atoms with E-state index in [1.165, 1.54) is 31.2 Å². The Kier molecular flexibility index (Phi) is 4.45. The van der Waals surface area contributed by atoms with Crippen molar-refractivity contribution in [1.29, 1.82) is 0 Å². The molecule has 1 aliphatic rings. The van der Waals surface area contributed by atoms with E-state index in [0.717, 1.165) is 19.0 Å². The molecule has 0 bridgehead atoms. The first-order valence-corrected chi connectivity index (χ1v) is 7.47. The van der Waals surface area contributed by atoms with E-state index in [4.69, 9.17) is 0 Å². The first-order valence-electron chi connectivity index (χ1n) is 7.47. The van der Waals surface area contributed by atoms with Crippen molar-refractivity contribution in [2.75, 3.05) is 13.1 Å². The molecule has 1 heteroatoms. The van der Waals surface area contributed by atoms with Crippen LogP contribution in [0.25, 0.3) is 0 Å². The summed E-state index contributed by atoms with van der Waals surface area (Å²) >= 11 is 0. The van der Waals surface area contributed by atoms with Crippen LogP contribution in [-0.4, -0.2) is 13.1 Å². The van der Waals surface area contributed by atoms with Crippen LogP contribution in [0.2, 0.25) is 0 Å². The van der Waals surface area contributed by atoms with Crippen molar-refractivity contribution < 1.29 is 0 Å². The Labute approximate surface area is 112 Å². The van der Waals surface area contributed by atoms with E-state index >= 15 is 0 Å². The number of benzene rings is 1. The minimum atomic E-state index is 0.378. The van der Waals surface area contributed by atoms with Gasteiger partial charge in [0.05, 0.1) is 0 Å². The van der Waals surface area contributed by atoms with Gasteiger partial charge in [-0.15, -0.1) is 0 Å². The Morgan fingerprint density at radius 2 is 2.00 bits per heavy atom. The van der Waals surface area contributed by atoms with Gasteiger partial charge in [0.25, 0.3) is 0 Å². The lowest BCUT2D eigenvalue weighted by Crippen LogP contribution is -2.40. The average Bonchev–Trinajstić information content (AvgIpc) is 2.73. The summed E-state index contributed by atoms with van der Waals surface area (Å²) in [6, 6.07) is 9.24. The zero-order valence-electron chi connectivity index (χ0n) is 12.1. The second-order valence-corrected chi connectivity index (χ2v) is 5.99. The quantitative estimate of drug-likeness (QED) is 0.772. The molecule has 0 heterocycles. The monoisotopic (exact) mass is 245 g/mol. The maximum absolute atomic E-state index is 3.66. The average molecular weight is 245 g/mol. The fourth-order valence-electron chi connectivity index (χ4n) is 3.41. The van der Waals surface area contributed by atoms with Gasteiger partial charge in [-0.3, -0.25) is 0 Å². The molecule has 18 heavy (non-hydrogen) atoms. The van der Waals surface area contributed by atoms with Crippen molar-refractivity contribution in [3.8, 4) is 0 Å². The van der Waals surface area contributed by atoms with Crippen LogP contribution in [0.4, 0.5) is 0 Å². The summed E-state index contributed by atoms with van der Waals surface area (Å²) in [7, 11) is 0. The van der Waals surface area contributed by atoms with E-state index in [0.29, 0.717) is 5.41 Å². The normalized spacial score (nSPS) is 27.6. The van der Waals surface area contributed by atoms with Crippen LogP contribution in [0.1, 0.15) is 50.7 Å². The van der Waals surface area contributed by atoms with E-state index in [2.05, 4.69) is 50.4 Å². The van der Waals surface area contributed by atoms with Crippen molar-refractivity contribution in [2.24, 2.45) is 5.92 Å². The van der Waals surface area contributed by atoms with Gasteiger partial charge in [0.1, 0.15) is 0 Å². The highest BCUT2D eigenvalue weighted by atomic mass is 14.9. The predicted molar refractivity (Wildman–Crippen MR) is 79.0 cm³/mol. The van der Waals surface area contributed by atoms with Gasteiger partial charge >= 0.3 is 0 Å². The van der Waals surface area contributed by atoms with Gasteiger partial charge in [-0.25, -0.2) is 0 Å². The Balaban J connectivity index is 2.21. The van der Waals surface area contributed by atoms with Crippen LogP contribution in [0.5, 0.6) is 0 Å². The summed E-state index contributed by atoms with van der Waals surface area (Å²) in [5, 5.41) is 3.66. The second-order valence-electron chi connectivity index (χ2n) is 5.99. The smallest absolute Gasteiger partial charge is 0.0103 e. The van der Waals surface area contributed by atoms with Gasteiger partial charge in [0.2, 0.25) is 0 Å². The van der Waals surface area contributed by atoms with E-state index in [1.807, 2.05) is 0 Å². The molecule has 1 fully saturated rings. The molecule has 0 radical (unpaired) electrons. The first kappa shape index (κ1) is 13.6. The summed E-state index contributed by atoms with van der Waals surface area (Å²) < 4.78 is 0. The Bertz CT molecular complexity index is 368. The number of rotatable bonds is 5. The van der Waals surface area contributed by atoms with Gasteiger partial charge in [0.15, 0.2) is 0 Å². The van der Waals surface area contributed by atoms with E-state index in [1.54, 1.807) is 5.56 Å². The molecule has 2 rings (SSSR count). The van der Waals surface area contributed by atoms with Gasteiger partial charge in [0, 0.05) is 12.0 Å². The van der Waals surface area contributed by atoms with Gasteiger partial charge in [-0.05, 0) is 44.2 Å². The molecule has 1 nitrogen and oxygen atoms in total. The molecule has 100 valence electrons. The summed E-state index contributed by atoms with van der Waals surface area (Å²) in [4.78, 5) is 0. The molecule has 0 saturated heterocycles. The van der Waals surface area contributed by atoms with Crippen LogP contribution >= 0.6 is 0 Å². The molecule has 1 aromatic carbocycles. The topological polar surface area (TPSA) is 12.0 Å². The first-order chi connectivity index (χ1) is 8.69. The number of hydrogen-bond donors (Lipinski definition) is 1. The maximum Gasteiger partial charge on any atom is 0.0103 e. The summed E-state index contributed by atoms with van der Waals surface area (Å²) in [5.41, 5.74) is 3.28. The highest BCUT2D eigenvalue weighted by Gasteiger charge is 2.41. The molecule has 0 aromatic heterocycles. The van der Waals surface area contributed by atoms with Crippen molar-refractivity contribution >= 4 is 0 Å². The molecular weight excluding hydrogens is 218 g/mol. The molecule has 0 spiro atoms. The van der Waals surface area contributed by atoms with Gasteiger partial charge < -0.3 is 5.32 Å². The lowest BCUT2D eigenvalue weighted by molar-refractivity contribution is 0.318. The SMILES string of the molecule is CCCNCC1(c2ccc(C)cc2)CCCC1C. The number of hydrogen-bond acceptors (Lipinski definition) is 1. The molecule has 0 aliphatic heterocycles. The van der Waals surface area contributed by atoms with Crippen molar-refractivity contribution in [3.63, 3.8) is 0 Å². The van der Waals surface area contributed by atoms with E-state index < -0.39 is 0 Å². The van der Waals surface area contributed by atoms with Crippen LogP contribution in [0.3, 0.4) is 0 Å². The highest BCUT2D eigenvalue weighted by molar-refractivity contribution is 5.31. The predicted octanol–water partition coefficient (Wildman–Crippen LogP) is 4.05. The zero-order chi connectivity index (χ0) is 13.0. The summed E-state index contributed by atoms with van der Waals surface area (Å²) in [5.74, 6) is 0.796. The van der Waals surface area contributed by atoms with Crippen molar-refractivity contribution in [3.05, 3.63) is 35.4 Å². The highest BCUT2D eigenvalue weighted by Crippen LogP contribution is 2.45. The van der Waals surface area contributed by atoms with Gasteiger partial charge in [-0.1, -0.05) is 50.1 Å². The van der Waals surface area contributed by atoms with Crippen LogP contribution in [-0.2, 0) is 5.41 Å². The van der Waals surface area contributed by atoms with E-state index in [9.17, 15) is 0 Å². The Hall–Kier alpha value is -0.820. The molecular formula is C17H27N. The Morgan fingerprint density at radius 3 is 2.56 bits per heavy atom.